The second kappa shape index (κ2) is 5.83. The maximum Gasteiger partial charge on any atom is 0.251 e. The number of nitrogens with zero attached hydrogens (tertiary/aromatic N) is 1. The van der Waals surface area contributed by atoms with Gasteiger partial charge in [-0.2, -0.15) is 0 Å². The van der Waals surface area contributed by atoms with Crippen LogP contribution in [-0.4, -0.2) is 47.8 Å². The molecule has 2 rings (SSSR count). The Balaban J connectivity index is 1.81. The highest BCUT2D eigenvalue weighted by Gasteiger charge is 2.30. The third kappa shape index (κ3) is 3.19. The van der Waals surface area contributed by atoms with E-state index in [1.165, 1.54) is 0 Å². The Morgan fingerprint density at radius 1 is 1.29 bits per heavy atom. The molecule has 2 heterocycles. The van der Waals surface area contributed by atoms with E-state index in [4.69, 9.17) is 4.74 Å². The maximum atomic E-state index is 12.2. The third-order valence-electron chi connectivity index (χ3n) is 3.99. The molecule has 0 aromatic carbocycles. The van der Waals surface area contributed by atoms with Gasteiger partial charge < -0.3 is 14.7 Å². The van der Waals surface area contributed by atoms with E-state index in [0.29, 0.717) is 5.92 Å². The molecule has 0 spiro atoms. The van der Waals surface area contributed by atoms with Gasteiger partial charge in [-0.05, 0) is 44.9 Å². The minimum atomic E-state index is -0.252. The second-order valence-corrected chi connectivity index (χ2v) is 5.26. The van der Waals surface area contributed by atoms with Gasteiger partial charge in [0, 0.05) is 19.7 Å². The molecule has 1 N–H and O–H groups in total. The van der Waals surface area contributed by atoms with Crippen LogP contribution in [0.25, 0.3) is 0 Å². The van der Waals surface area contributed by atoms with E-state index in [1.807, 2.05) is 11.8 Å². The van der Waals surface area contributed by atoms with Gasteiger partial charge in [0.2, 0.25) is 0 Å². The third-order valence-corrected chi connectivity index (χ3v) is 3.99. The smallest absolute Gasteiger partial charge is 0.251 e. The van der Waals surface area contributed by atoms with Crippen molar-refractivity contribution in [2.45, 2.75) is 51.2 Å². The number of piperidine rings is 1. The van der Waals surface area contributed by atoms with Crippen LogP contribution in [0.15, 0.2) is 0 Å². The minimum absolute atomic E-state index is 0.161. The highest BCUT2D eigenvalue weighted by atomic mass is 16.5. The number of aliphatic hydroxyl groups is 1. The summed E-state index contributed by atoms with van der Waals surface area (Å²) in [6, 6.07) is 0. The fraction of sp³-hybridized carbons (Fsp3) is 0.923. The van der Waals surface area contributed by atoms with Gasteiger partial charge in [-0.1, -0.05) is 0 Å². The average Bonchev–Trinajstić information content (AvgIpc) is 2.39. The molecule has 4 nitrogen and oxygen atoms in total. The molecule has 2 aliphatic rings. The number of amides is 1. The number of carbonyl (C=O) groups is 1. The molecule has 2 aliphatic heterocycles. The molecular weight excluding hydrogens is 218 g/mol. The lowest BCUT2D eigenvalue weighted by Gasteiger charge is -2.35. The largest absolute Gasteiger partial charge is 0.393 e. The molecule has 0 radical (unpaired) electrons. The SMILES string of the molecule is CC(O)C1CCN(C(=O)C2CCCCO2)CC1. The predicted molar refractivity (Wildman–Crippen MR) is 64.6 cm³/mol. The Labute approximate surface area is 103 Å². The lowest BCUT2D eigenvalue weighted by molar-refractivity contribution is -0.148. The quantitative estimate of drug-likeness (QED) is 0.789. The van der Waals surface area contributed by atoms with Crippen LogP contribution in [0, 0.1) is 5.92 Å². The zero-order chi connectivity index (χ0) is 12.3. The van der Waals surface area contributed by atoms with Gasteiger partial charge in [-0.15, -0.1) is 0 Å². The summed E-state index contributed by atoms with van der Waals surface area (Å²) in [5.74, 6) is 0.514. The lowest BCUT2D eigenvalue weighted by atomic mass is 9.92. The molecule has 1 amide bonds. The van der Waals surface area contributed by atoms with Crippen LogP contribution >= 0.6 is 0 Å². The molecular formula is C13H23NO3. The Bertz CT molecular complexity index is 253. The first-order chi connectivity index (χ1) is 8.18. The van der Waals surface area contributed by atoms with E-state index in [2.05, 4.69) is 0 Å². The summed E-state index contributed by atoms with van der Waals surface area (Å²) in [5, 5.41) is 9.52. The van der Waals surface area contributed by atoms with Gasteiger partial charge in [0.05, 0.1) is 6.10 Å². The molecule has 0 aromatic heterocycles. The molecule has 17 heavy (non-hydrogen) atoms. The number of hydrogen-bond acceptors (Lipinski definition) is 3. The van der Waals surface area contributed by atoms with Gasteiger partial charge >= 0.3 is 0 Å². The van der Waals surface area contributed by atoms with Gasteiger partial charge in [-0.25, -0.2) is 0 Å². The molecule has 0 aliphatic carbocycles. The predicted octanol–water partition coefficient (Wildman–Crippen LogP) is 1.17. The standard InChI is InChI=1S/C13H23NO3/c1-10(15)11-5-7-14(8-6-11)13(16)12-4-2-3-9-17-12/h10-12,15H,2-9H2,1H3. The zero-order valence-corrected chi connectivity index (χ0v) is 10.6. The Morgan fingerprint density at radius 3 is 2.53 bits per heavy atom. The van der Waals surface area contributed by atoms with Crippen LogP contribution in [0.5, 0.6) is 0 Å². The van der Waals surface area contributed by atoms with Crippen molar-refractivity contribution in [1.82, 2.24) is 4.90 Å². The number of carbonyl (C=O) groups excluding carboxylic acids is 1. The molecule has 2 atom stereocenters. The van der Waals surface area contributed by atoms with Gasteiger partial charge in [-0.3, -0.25) is 4.79 Å². The van der Waals surface area contributed by atoms with Crippen LogP contribution in [-0.2, 0) is 9.53 Å². The first kappa shape index (κ1) is 12.8. The molecule has 2 unspecified atom stereocenters. The van der Waals surface area contributed by atoms with E-state index >= 15 is 0 Å². The average molecular weight is 241 g/mol. The van der Waals surface area contributed by atoms with Crippen LogP contribution < -0.4 is 0 Å². The van der Waals surface area contributed by atoms with E-state index in [0.717, 1.165) is 51.8 Å². The fourth-order valence-corrected chi connectivity index (χ4v) is 2.74. The van der Waals surface area contributed by atoms with E-state index in [1.54, 1.807) is 0 Å². The monoisotopic (exact) mass is 241 g/mol. The Kier molecular flexibility index (Phi) is 4.40. The van der Waals surface area contributed by atoms with Crippen LogP contribution in [0.1, 0.15) is 39.0 Å². The first-order valence-corrected chi connectivity index (χ1v) is 6.77. The summed E-state index contributed by atoms with van der Waals surface area (Å²) in [7, 11) is 0. The molecule has 0 bridgehead atoms. The molecule has 2 fully saturated rings. The highest BCUT2D eigenvalue weighted by molar-refractivity contribution is 5.81. The van der Waals surface area contributed by atoms with Crippen molar-refractivity contribution >= 4 is 5.91 Å². The van der Waals surface area contributed by atoms with E-state index in [9.17, 15) is 9.90 Å². The van der Waals surface area contributed by atoms with Crippen molar-refractivity contribution in [3.63, 3.8) is 0 Å². The van der Waals surface area contributed by atoms with Gasteiger partial charge in [0.15, 0.2) is 0 Å². The van der Waals surface area contributed by atoms with Crippen LogP contribution in [0.3, 0.4) is 0 Å². The normalized spacial score (nSPS) is 29.1. The van der Waals surface area contributed by atoms with E-state index in [-0.39, 0.29) is 18.1 Å². The molecule has 0 saturated carbocycles. The number of likely N-dealkylation sites (tertiary alicyclic amines) is 1. The number of hydrogen-bond donors (Lipinski definition) is 1. The summed E-state index contributed by atoms with van der Waals surface area (Å²) >= 11 is 0. The van der Waals surface area contributed by atoms with Crippen molar-refractivity contribution < 1.29 is 14.6 Å². The molecule has 0 aromatic rings. The summed E-state index contributed by atoms with van der Waals surface area (Å²) in [4.78, 5) is 14.1. The van der Waals surface area contributed by atoms with Crippen molar-refractivity contribution in [2.75, 3.05) is 19.7 Å². The lowest BCUT2D eigenvalue weighted by Crippen LogP contribution is -2.46. The van der Waals surface area contributed by atoms with Gasteiger partial charge in [0.1, 0.15) is 6.10 Å². The van der Waals surface area contributed by atoms with Crippen molar-refractivity contribution in [2.24, 2.45) is 5.92 Å². The van der Waals surface area contributed by atoms with Crippen LogP contribution in [0.2, 0.25) is 0 Å². The van der Waals surface area contributed by atoms with Crippen molar-refractivity contribution in [3.05, 3.63) is 0 Å². The second-order valence-electron chi connectivity index (χ2n) is 5.26. The molecule has 2 saturated heterocycles. The number of ether oxygens (including phenoxy) is 1. The summed E-state index contributed by atoms with van der Waals surface area (Å²) in [6.45, 7) is 4.11. The number of rotatable bonds is 2. The summed E-state index contributed by atoms with van der Waals surface area (Å²) in [5.41, 5.74) is 0. The van der Waals surface area contributed by atoms with Gasteiger partial charge in [0.25, 0.3) is 5.91 Å². The fourth-order valence-electron chi connectivity index (χ4n) is 2.74. The van der Waals surface area contributed by atoms with Crippen LogP contribution in [0.4, 0.5) is 0 Å². The van der Waals surface area contributed by atoms with Crippen molar-refractivity contribution in [3.8, 4) is 0 Å². The van der Waals surface area contributed by atoms with E-state index < -0.39 is 0 Å². The molecule has 98 valence electrons. The first-order valence-electron chi connectivity index (χ1n) is 6.77. The summed E-state index contributed by atoms with van der Waals surface area (Å²) in [6.07, 6.45) is 4.42. The summed E-state index contributed by atoms with van der Waals surface area (Å²) < 4.78 is 5.53. The topological polar surface area (TPSA) is 49.8 Å². The maximum absolute atomic E-state index is 12.2. The molecule has 4 heteroatoms. The van der Waals surface area contributed by atoms with Crippen molar-refractivity contribution in [1.29, 1.82) is 0 Å². The number of aliphatic hydroxyl groups excluding tert-OH is 1. The Morgan fingerprint density at radius 2 is 2.00 bits per heavy atom. The Hall–Kier alpha value is -0.610. The minimum Gasteiger partial charge on any atom is -0.393 e. The zero-order valence-electron chi connectivity index (χ0n) is 10.6. The highest BCUT2D eigenvalue weighted by Crippen LogP contribution is 2.23.